The third-order valence-corrected chi connectivity index (χ3v) is 1.67. The van der Waals surface area contributed by atoms with Crippen molar-refractivity contribution in [2.75, 3.05) is 13.2 Å². The van der Waals surface area contributed by atoms with Crippen molar-refractivity contribution in [3.8, 4) is 5.75 Å². The van der Waals surface area contributed by atoms with Gasteiger partial charge in [0.2, 0.25) is 0 Å². The van der Waals surface area contributed by atoms with Gasteiger partial charge in [-0.2, -0.15) is 0 Å². The zero-order chi connectivity index (χ0) is 11.1. The first-order chi connectivity index (χ1) is 7.22. The SMILES string of the molecule is CC(C)OCCOc1cncc(C=O)c1. The summed E-state index contributed by atoms with van der Waals surface area (Å²) in [5, 5.41) is 0. The van der Waals surface area contributed by atoms with Crippen molar-refractivity contribution in [1.82, 2.24) is 4.98 Å². The molecule has 1 aromatic heterocycles. The van der Waals surface area contributed by atoms with Crippen LogP contribution in [0.1, 0.15) is 24.2 Å². The number of aldehydes is 1. The second kappa shape index (κ2) is 6.14. The van der Waals surface area contributed by atoms with E-state index < -0.39 is 0 Å². The topological polar surface area (TPSA) is 48.4 Å². The van der Waals surface area contributed by atoms with Crippen LogP contribution in [0.25, 0.3) is 0 Å². The molecule has 0 atom stereocenters. The van der Waals surface area contributed by atoms with E-state index in [-0.39, 0.29) is 6.10 Å². The van der Waals surface area contributed by atoms with E-state index >= 15 is 0 Å². The van der Waals surface area contributed by atoms with Gasteiger partial charge in [-0.25, -0.2) is 0 Å². The van der Waals surface area contributed by atoms with Gasteiger partial charge in [0, 0.05) is 11.8 Å². The number of hydrogen-bond acceptors (Lipinski definition) is 4. The first-order valence-electron chi connectivity index (χ1n) is 4.87. The van der Waals surface area contributed by atoms with Gasteiger partial charge >= 0.3 is 0 Å². The molecular weight excluding hydrogens is 194 g/mol. The van der Waals surface area contributed by atoms with Crippen LogP contribution in [0.3, 0.4) is 0 Å². The lowest BCUT2D eigenvalue weighted by Gasteiger charge is -2.08. The Balaban J connectivity index is 2.34. The molecule has 82 valence electrons. The highest BCUT2D eigenvalue weighted by molar-refractivity contribution is 5.74. The van der Waals surface area contributed by atoms with Gasteiger partial charge in [0.15, 0.2) is 6.29 Å². The molecule has 0 aliphatic heterocycles. The van der Waals surface area contributed by atoms with E-state index in [9.17, 15) is 4.79 Å². The summed E-state index contributed by atoms with van der Waals surface area (Å²) >= 11 is 0. The summed E-state index contributed by atoms with van der Waals surface area (Å²) in [4.78, 5) is 14.3. The molecule has 0 unspecified atom stereocenters. The van der Waals surface area contributed by atoms with Crippen molar-refractivity contribution in [1.29, 1.82) is 0 Å². The van der Waals surface area contributed by atoms with Crippen molar-refractivity contribution in [3.63, 3.8) is 0 Å². The van der Waals surface area contributed by atoms with Gasteiger partial charge < -0.3 is 9.47 Å². The van der Waals surface area contributed by atoms with Crippen molar-refractivity contribution < 1.29 is 14.3 Å². The standard InChI is InChI=1S/C11H15NO3/c1-9(2)14-3-4-15-11-5-10(8-13)6-12-7-11/h5-9H,3-4H2,1-2H3. The average Bonchev–Trinajstić information content (AvgIpc) is 2.24. The molecule has 0 spiro atoms. The molecule has 1 heterocycles. The highest BCUT2D eigenvalue weighted by atomic mass is 16.5. The second-order valence-corrected chi connectivity index (χ2v) is 3.34. The monoisotopic (exact) mass is 209 g/mol. The maximum absolute atomic E-state index is 10.5. The molecule has 1 rings (SSSR count). The third-order valence-electron chi connectivity index (χ3n) is 1.67. The summed E-state index contributed by atoms with van der Waals surface area (Å²) in [7, 11) is 0. The molecule has 0 amide bonds. The predicted octanol–water partition coefficient (Wildman–Crippen LogP) is 1.70. The Morgan fingerprint density at radius 3 is 2.87 bits per heavy atom. The Bertz CT molecular complexity index is 312. The fourth-order valence-electron chi connectivity index (χ4n) is 1.02. The minimum Gasteiger partial charge on any atom is -0.490 e. The fraction of sp³-hybridized carbons (Fsp3) is 0.455. The van der Waals surface area contributed by atoms with Crippen LogP contribution < -0.4 is 4.74 Å². The second-order valence-electron chi connectivity index (χ2n) is 3.34. The fourth-order valence-corrected chi connectivity index (χ4v) is 1.02. The number of ether oxygens (including phenoxy) is 2. The zero-order valence-corrected chi connectivity index (χ0v) is 8.97. The Hall–Kier alpha value is -1.42. The molecular formula is C11H15NO3. The Labute approximate surface area is 89.2 Å². The van der Waals surface area contributed by atoms with E-state index in [4.69, 9.17) is 9.47 Å². The molecule has 0 aliphatic rings. The first kappa shape index (κ1) is 11.7. The molecule has 0 saturated heterocycles. The lowest BCUT2D eigenvalue weighted by molar-refractivity contribution is 0.0552. The van der Waals surface area contributed by atoms with Crippen LogP contribution in [0.4, 0.5) is 0 Å². The lowest BCUT2D eigenvalue weighted by atomic mass is 10.3. The Kier molecular flexibility index (Phi) is 4.77. The molecule has 0 aliphatic carbocycles. The number of aromatic nitrogens is 1. The van der Waals surface area contributed by atoms with Gasteiger partial charge in [-0.15, -0.1) is 0 Å². The molecule has 0 fully saturated rings. The zero-order valence-electron chi connectivity index (χ0n) is 8.97. The van der Waals surface area contributed by atoms with Crippen molar-refractivity contribution in [3.05, 3.63) is 24.0 Å². The minimum absolute atomic E-state index is 0.202. The van der Waals surface area contributed by atoms with Crippen LogP contribution in [0.5, 0.6) is 5.75 Å². The van der Waals surface area contributed by atoms with Gasteiger partial charge in [-0.1, -0.05) is 0 Å². The Morgan fingerprint density at radius 1 is 1.40 bits per heavy atom. The van der Waals surface area contributed by atoms with Gasteiger partial charge in [-0.3, -0.25) is 9.78 Å². The largest absolute Gasteiger partial charge is 0.490 e. The molecule has 0 radical (unpaired) electrons. The minimum atomic E-state index is 0.202. The first-order valence-corrected chi connectivity index (χ1v) is 4.87. The quantitative estimate of drug-likeness (QED) is 0.528. The molecule has 0 saturated carbocycles. The van der Waals surface area contributed by atoms with Gasteiger partial charge in [0.25, 0.3) is 0 Å². The van der Waals surface area contributed by atoms with Crippen LogP contribution in [-0.4, -0.2) is 30.6 Å². The summed E-state index contributed by atoms with van der Waals surface area (Å²) < 4.78 is 10.7. The van der Waals surface area contributed by atoms with E-state index in [1.165, 1.54) is 6.20 Å². The highest BCUT2D eigenvalue weighted by Gasteiger charge is 1.97. The Morgan fingerprint density at radius 2 is 2.20 bits per heavy atom. The molecule has 4 nitrogen and oxygen atoms in total. The highest BCUT2D eigenvalue weighted by Crippen LogP contribution is 2.09. The number of pyridine rings is 1. The molecule has 0 N–H and O–H groups in total. The molecule has 4 heteroatoms. The van der Waals surface area contributed by atoms with Crippen LogP contribution in [-0.2, 0) is 4.74 Å². The molecule has 0 bridgehead atoms. The van der Waals surface area contributed by atoms with E-state index in [0.717, 1.165) is 6.29 Å². The smallest absolute Gasteiger partial charge is 0.151 e. The normalized spacial score (nSPS) is 10.3. The van der Waals surface area contributed by atoms with Gasteiger partial charge in [-0.05, 0) is 19.9 Å². The van der Waals surface area contributed by atoms with Crippen LogP contribution in [0.15, 0.2) is 18.5 Å². The van der Waals surface area contributed by atoms with E-state index in [1.807, 2.05) is 13.8 Å². The summed E-state index contributed by atoms with van der Waals surface area (Å²) in [6, 6.07) is 1.65. The van der Waals surface area contributed by atoms with Crippen molar-refractivity contribution in [2.24, 2.45) is 0 Å². The molecule has 0 aromatic carbocycles. The maximum Gasteiger partial charge on any atom is 0.151 e. The van der Waals surface area contributed by atoms with E-state index in [1.54, 1.807) is 12.3 Å². The van der Waals surface area contributed by atoms with E-state index in [0.29, 0.717) is 24.5 Å². The summed E-state index contributed by atoms with van der Waals surface area (Å²) in [5.41, 5.74) is 0.511. The lowest BCUT2D eigenvalue weighted by Crippen LogP contribution is -2.11. The van der Waals surface area contributed by atoms with Crippen LogP contribution in [0.2, 0.25) is 0 Å². The summed E-state index contributed by atoms with van der Waals surface area (Å²) in [6.07, 6.45) is 4.00. The number of carbonyl (C=O) groups is 1. The van der Waals surface area contributed by atoms with Crippen LogP contribution in [0, 0.1) is 0 Å². The number of nitrogens with zero attached hydrogens (tertiary/aromatic N) is 1. The van der Waals surface area contributed by atoms with Crippen molar-refractivity contribution in [2.45, 2.75) is 20.0 Å². The summed E-state index contributed by atoms with van der Waals surface area (Å²) in [5.74, 6) is 0.590. The van der Waals surface area contributed by atoms with E-state index in [2.05, 4.69) is 4.98 Å². The third kappa shape index (κ3) is 4.56. The van der Waals surface area contributed by atoms with Crippen molar-refractivity contribution >= 4 is 6.29 Å². The molecule has 1 aromatic rings. The number of rotatable bonds is 6. The maximum atomic E-state index is 10.5. The average molecular weight is 209 g/mol. The van der Waals surface area contributed by atoms with Gasteiger partial charge in [0.1, 0.15) is 12.4 Å². The van der Waals surface area contributed by atoms with Crippen LogP contribution >= 0.6 is 0 Å². The van der Waals surface area contributed by atoms with Gasteiger partial charge in [0.05, 0.1) is 18.9 Å². The number of hydrogen-bond donors (Lipinski definition) is 0. The number of carbonyl (C=O) groups excluding carboxylic acids is 1. The summed E-state index contributed by atoms with van der Waals surface area (Å²) in [6.45, 7) is 4.92. The predicted molar refractivity (Wildman–Crippen MR) is 56.2 cm³/mol. The molecule has 15 heavy (non-hydrogen) atoms.